The van der Waals surface area contributed by atoms with Gasteiger partial charge < -0.3 is 4.98 Å². The van der Waals surface area contributed by atoms with Crippen LogP contribution in [0.3, 0.4) is 0 Å². The average Bonchev–Trinajstić information content (AvgIpc) is 2.92. The van der Waals surface area contributed by atoms with Crippen molar-refractivity contribution in [1.29, 1.82) is 0 Å². The van der Waals surface area contributed by atoms with E-state index in [1.165, 1.54) is 0 Å². The van der Waals surface area contributed by atoms with Crippen molar-refractivity contribution in [1.82, 2.24) is 14.3 Å². The summed E-state index contributed by atoms with van der Waals surface area (Å²) in [6.45, 7) is 1.67. The smallest absolute Gasteiger partial charge is 0.254 e. The lowest BCUT2D eigenvalue weighted by Gasteiger charge is -2.26. The Balaban J connectivity index is 1.79. The van der Waals surface area contributed by atoms with E-state index in [1.54, 1.807) is 11.2 Å². The van der Waals surface area contributed by atoms with Gasteiger partial charge in [-0.2, -0.15) is 4.31 Å². The largest absolute Gasteiger partial charge is 0.306 e. The Morgan fingerprint density at radius 2 is 1.84 bits per heavy atom. The molecule has 2 aliphatic heterocycles. The zero-order valence-electron chi connectivity index (χ0n) is 14.1. The molecule has 0 amide bonds. The van der Waals surface area contributed by atoms with Crippen molar-refractivity contribution in [2.45, 2.75) is 44.7 Å². The summed E-state index contributed by atoms with van der Waals surface area (Å²) in [6.07, 6.45) is 2.60. The van der Waals surface area contributed by atoms with E-state index in [9.17, 15) is 13.2 Å². The van der Waals surface area contributed by atoms with Gasteiger partial charge in [-0.3, -0.25) is 4.79 Å². The van der Waals surface area contributed by atoms with Gasteiger partial charge in [-0.05, 0) is 26.2 Å². The van der Waals surface area contributed by atoms with Gasteiger partial charge in [0.1, 0.15) is 5.82 Å². The molecule has 2 aromatic rings. The van der Waals surface area contributed by atoms with Crippen LogP contribution in [0.4, 0.5) is 0 Å². The molecule has 0 radical (unpaired) electrons. The average molecular weight is 359 g/mol. The van der Waals surface area contributed by atoms with Crippen LogP contribution in [0.1, 0.15) is 31.0 Å². The maximum atomic E-state index is 12.6. The molecule has 1 N–H and O–H groups in total. The fraction of sp³-hybridized carbons (Fsp3) is 0.444. The molecule has 4 rings (SSSR count). The molecule has 0 unspecified atom stereocenters. The number of rotatable bonds is 3. The van der Waals surface area contributed by atoms with Crippen molar-refractivity contribution in [2.24, 2.45) is 0 Å². The van der Waals surface area contributed by atoms with E-state index < -0.39 is 10.0 Å². The Hall–Kier alpha value is -1.99. The minimum absolute atomic E-state index is 0.0888. The first kappa shape index (κ1) is 16.5. The standard InChI is InChI=1S/C18H21N3O3S/c1-2-25(23,24)21-13-8-9-14(21)11-16-15(10-13)18(22)20-17(19-16)12-6-4-3-5-7-12/h3-7,13-14H,2,8-11H2,1H3,(H,19,20,22)/t13-,14+/m1/s1. The fourth-order valence-corrected chi connectivity index (χ4v) is 5.61. The highest BCUT2D eigenvalue weighted by molar-refractivity contribution is 7.89. The number of nitrogens with one attached hydrogen (secondary N) is 1. The number of hydrogen-bond donors (Lipinski definition) is 1. The number of H-pyrrole nitrogens is 1. The Bertz CT molecular complexity index is 953. The molecule has 3 heterocycles. The molecule has 132 valence electrons. The molecule has 2 aliphatic rings. The summed E-state index contributed by atoms with van der Waals surface area (Å²) in [5, 5.41) is 0. The lowest BCUT2D eigenvalue weighted by Crippen LogP contribution is -2.42. The lowest BCUT2D eigenvalue weighted by molar-refractivity contribution is 0.328. The molecule has 0 aliphatic carbocycles. The maximum absolute atomic E-state index is 12.6. The van der Waals surface area contributed by atoms with Gasteiger partial charge in [0, 0.05) is 29.6 Å². The topological polar surface area (TPSA) is 83.1 Å². The Labute approximate surface area is 147 Å². The van der Waals surface area contributed by atoms with E-state index in [2.05, 4.69) is 9.97 Å². The van der Waals surface area contributed by atoms with Gasteiger partial charge in [-0.1, -0.05) is 30.3 Å². The number of sulfonamides is 1. The highest BCUT2D eigenvalue weighted by Crippen LogP contribution is 2.35. The summed E-state index contributed by atoms with van der Waals surface area (Å²) in [5.41, 5.74) is 2.09. The van der Waals surface area contributed by atoms with Crippen molar-refractivity contribution in [3.63, 3.8) is 0 Å². The van der Waals surface area contributed by atoms with E-state index in [4.69, 9.17) is 0 Å². The van der Waals surface area contributed by atoms with Gasteiger partial charge >= 0.3 is 0 Å². The molecule has 25 heavy (non-hydrogen) atoms. The molecule has 1 aromatic carbocycles. The van der Waals surface area contributed by atoms with Crippen LogP contribution in [0.25, 0.3) is 11.4 Å². The van der Waals surface area contributed by atoms with E-state index in [1.807, 2.05) is 30.3 Å². The molecule has 2 bridgehead atoms. The Morgan fingerprint density at radius 3 is 2.52 bits per heavy atom. The molecule has 2 atom stereocenters. The zero-order chi connectivity index (χ0) is 17.6. The van der Waals surface area contributed by atoms with Gasteiger partial charge in [0.05, 0.1) is 11.4 Å². The van der Waals surface area contributed by atoms with E-state index >= 15 is 0 Å². The highest BCUT2D eigenvalue weighted by Gasteiger charge is 2.43. The first-order valence-electron chi connectivity index (χ1n) is 8.68. The van der Waals surface area contributed by atoms with Crippen LogP contribution in [0.15, 0.2) is 35.1 Å². The van der Waals surface area contributed by atoms with E-state index in [0.717, 1.165) is 24.1 Å². The molecule has 6 nitrogen and oxygen atoms in total. The lowest BCUT2D eigenvalue weighted by atomic mass is 9.98. The first-order valence-corrected chi connectivity index (χ1v) is 10.3. The molecule has 1 aromatic heterocycles. The molecule has 7 heteroatoms. The number of benzene rings is 1. The first-order chi connectivity index (χ1) is 12.0. The number of nitrogens with zero attached hydrogens (tertiary/aromatic N) is 2. The molecular weight excluding hydrogens is 338 g/mol. The Morgan fingerprint density at radius 1 is 1.16 bits per heavy atom. The Kier molecular flexibility index (Phi) is 4.00. The van der Waals surface area contributed by atoms with E-state index in [-0.39, 0.29) is 23.4 Å². The van der Waals surface area contributed by atoms with Crippen LogP contribution in [0.5, 0.6) is 0 Å². The van der Waals surface area contributed by atoms with Gasteiger partial charge in [0.15, 0.2) is 0 Å². The summed E-state index contributed by atoms with van der Waals surface area (Å²) in [5.74, 6) is 0.641. The van der Waals surface area contributed by atoms with Gasteiger partial charge in [-0.25, -0.2) is 13.4 Å². The second-order valence-electron chi connectivity index (χ2n) is 6.73. The van der Waals surface area contributed by atoms with Crippen LogP contribution >= 0.6 is 0 Å². The van der Waals surface area contributed by atoms with E-state index in [0.29, 0.717) is 24.2 Å². The van der Waals surface area contributed by atoms with Crippen LogP contribution in [-0.4, -0.2) is 40.5 Å². The minimum Gasteiger partial charge on any atom is -0.306 e. The second-order valence-corrected chi connectivity index (χ2v) is 8.89. The van der Waals surface area contributed by atoms with Crippen LogP contribution in [-0.2, 0) is 22.9 Å². The van der Waals surface area contributed by atoms with Crippen LogP contribution in [0.2, 0.25) is 0 Å². The van der Waals surface area contributed by atoms with Gasteiger partial charge in [0.25, 0.3) is 5.56 Å². The zero-order valence-corrected chi connectivity index (χ0v) is 14.9. The summed E-state index contributed by atoms with van der Waals surface area (Å²) in [6, 6.07) is 9.31. The summed E-state index contributed by atoms with van der Waals surface area (Å²) in [7, 11) is -3.28. The fourth-order valence-electron chi connectivity index (χ4n) is 4.04. The molecule has 0 spiro atoms. The van der Waals surface area contributed by atoms with Crippen LogP contribution < -0.4 is 5.56 Å². The quantitative estimate of drug-likeness (QED) is 0.904. The van der Waals surface area contributed by atoms with Crippen molar-refractivity contribution in [2.75, 3.05) is 5.75 Å². The number of hydrogen-bond acceptors (Lipinski definition) is 4. The monoisotopic (exact) mass is 359 g/mol. The number of aromatic nitrogens is 2. The minimum atomic E-state index is -3.28. The van der Waals surface area contributed by atoms with Crippen molar-refractivity contribution < 1.29 is 8.42 Å². The predicted molar refractivity (Wildman–Crippen MR) is 95.8 cm³/mol. The molecule has 1 saturated heterocycles. The number of aromatic amines is 1. The molecule has 0 saturated carbocycles. The van der Waals surface area contributed by atoms with Gasteiger partial charge in [0.2, 0.25) is 10.0 Å². The second kappa shape index (κ2) is 6.07. The summed E-state index contributed by atoms with van der Waals surface area (Å²) >= 11 is 0. The third kappa shape index (κ3) is 2.81. The van der Waals surface area contributed by atoms with Crippen molar-refractivity contribution in [3.8, 4) is 11.4 Å². The molecule has 1 fully saturated rings. The summed E-state index contributed by atoms with van der Waals surface area (Å²) in [4.78, 5) is 20.2. The highest BCUT2D eigenvalue weighted by atomic mass is 32.2. The third-order valence-corrected chi connectivity index (χ3v) is 7.22. The van der Waals surface area contributed by atoms with Gasteiger partial charge in [-0.15, -0.1) is 0 Å². The SMILES string of the molecule is CCS(=O)(=O)N1[C@@H]2CC[C@H]1Cc1nc(-c3ccccc3)[nH]c(=O)c1C2. The predicted octanol–water partition coefficient (Wildman–Crippen LogP) is 1.72. The van der Waals surface area contributed by atoms with Crippen LogP contribution in [0, 0.1) is 0 Å². The maximum Gasteiger partial charge on any atom is 0.254 e. The summed E-state index contributed by atoms with van der Waals surface area (Å²) < 4.78 is 26.7. The number of fused-ring (bicyclic) bond motifs is 3. The third-order valence-electron chi connectivity index (χ3n) is 5.26. The normalized spacial score (nSPS) is 23.2. The van der Waals surface area contributed by atoms with Crippen molar-refractivity contribution >= 4 is 10.0 Å². The van der Waals surface area contributed by atoms with Crippen molar-refractivity contribution in [3.05, 3.63) is 51.9 Å². The molecular formula is C18H21N3O3S.